The Balaban J connectivity index is 1.95. The molecule has 2 saturated heterocycles. The molecule has 2 atom stereocenters. The third-order valence-electron chi connectivity index (χ3n) is 4.75. The fourth-order valence-corrected chi connectivity index (χ4v) is 4.40. The normalized spacial score (nSPS) is 44.8. The van der Waals surface area contributed by atoms with Gasteiger partial charge in [-0.2, -0.15) is 0 Å². The van der Waals surface area contributed by atoms with Gasteiger partial charge in [0.15, 0.2) is 0 Å². The summed E-state index contributed by atoms with van der Waals surface area (Å²) in [5.41, 5.74) is -0.511. The van der Waals surface area contributed by atoms with Crippen LogP contribution in [0, 0.1) is 11.3 Å². The average molecular weight is 223 g/mol. The summed E-state index contributed by atoms with van der Waals surface area (Å²) in [6.07, 6.45) is 4.22. The minimum absolute atomic E-state index is 0.120. The van der Waals surface area contributed by atoms with Crippen LogP contribution in [-0.2, 0) is 9.59 Å². The number of amides is 1. The van der Waals surface area contributed by atoms with Crippen LogP contribution in [0.5, 0.6) is 0 Å². The lowest BCUT2D eigenvalue weighted by atomic mass is 9.55. The second kappa shape index (κ2) is 2.99. The van der Waals surface area contributed by atoms with Crippen LogP contribution in [0.25, 0.3) is 0 Å². The molecule has 16 heavy (non-hydrogen) atoms. The molecule has 0 aromatic rings. The third-order valence-corrected chi connectivity index (χ3v) is 4.75. The second-order valence-electron chi connectivity index (χ2n) is 5.77. The van der Waals surface area contributed by atoms with Crippen LogP contribution in [0.15, 0.2) is 0 Å². The highest BCUT2D eigenvalue weighted by atomic mass is 16.4. The van der Waals surface area contributed by atoms with Crippen LogP contribution in [0.1, 0.15) is 39.0 Å². The van der Waals surface area contributed by atoms with E-state index >= 15 is 0 Å². The van der Waals surface area contributed by atoms with Crippen LogP contribution >= 0.6 is 0 Å². The van der Waals surface area contributed by atoms with Gasteiger partial charge < -0.3 is 10.0 Å². The molecule has 0 radical (unpaired) electrons. The number of piperidine rings is 2. The first kappa shape index (κ1) is 10.1. The van der Waals surface area contributed by atoms with Crippen LogP contribution in [0.4, 0.5) is 0 Å². The van der Waals surface area contributed by atoms with Gasteiger partial charge in [0.2, 0.25) is 5.91 Å². The lowest BCUT2D eigenvalue weighted by Gasteiger charge is -2.59. The number of hydrogen-bond donors (Lipinski definition) is 1. The summed E-state index contributed by atoms with van der Waals surface area (Å²) in [5.74, 6) is 0.00800. The molecule has 4 fully saturated rings. The van der Waals surface area contributed by atoms with Crippen molar-refractivity contribution in [3.05, 3.63) is 0 Å². The van der Waals surface area contributed by atoms with Crippen LogP contribution in [0.2, 0.25) is 0 Å². The van der Waals surface area contributed by atoms with Crippen LogP contribution in [0.3, 0.4) is 0 Å². The van der Waals surface area contributed by atoms with E-state index in [0.29, 0.717) is 18.8 Å². The Morgan fingerprint density at radius 3 is 2.19 bits per heavy atom. The zero-order valence-corrected chi connectivity index (χ0v) is 9.48. The van der Waals surface area contributed by atoms with Crippen molar-refractivity contribution in [3.8, 4) is 0 Å². The molecule has 1 amide bonds. The minimum atomic E-state index is -0.643. The average Bonchev–Trinajstić information content (AvgIpc) is 2.14. The van der Waals surface area contributed by atoms with E-state index in [0.717, 1.165) is 19.3 Å². The molecule has 0 aromatic carbocycles. The number of carbonyl (C=O) groups excluding carboxylic acids is 1. The second-order valence-corrected chi connectivity index (χ2v) is 5.77. The highest BCUT2D eigenvalue weighted by molar-refractivity contribution is 5.78. The first-order valence-electron chi connectivity index (χ1n) is 6.04. The Hall–Kier alpha value is -1.06. The minimum Gasteiger partial charge on any atom is -0.481 e. The van der Waals surface area contributed by atoms with E-state index in [1.165, 1.54) is 0 Å². The lowest BCUT2D eigenvalue weighted by molar-refractivity contribution is -0.177. The van der Waals surface area contributed by atoms with Gasteiger partial charge in [-0.05, 0) is 38.0 Å². The van der Waals surface area contributed by atoms with Crippen molar-refractivity contribution in [2.75, 3.05) is 0 Å². The maximum Gasteiger partial charge on any atom is 0.309 e. The summed E-state index contributed by atoms with van der Waals surface area (Å²) < 4.78 is 0. The fraction of sp³-hybridized carbons (Fsp3) is 0.833. The number of rotatable bonds is 1. The molecule has 0 spiro atoms. The van der Waals surface area contributed by atoms with Gasteiger partial charge in [0, 0.05) is 19.0 Å². The van der Waals surface area contributed by atoms with Crippen molar-refractivity contribution in [2.24, 2.45) is 11.3 Å². The van der Waals surface area contributed by atoms with E-state index in [4.69, 9.17) is 0 Å². The number of carboxylic acids is 1. The Morgan fingerprint density at radius 1 is 1.19 bits per heavy atom. The molecule has 1 N–H and O–H groups in total. The van der Waals surface area contributed by atoms with E-state index in [9.17, 15) is 14.7 Å². The zero-order chi connectivity index (χ0) is 11.5. The molecule has 4 nitrogen and oxygen atoms in total. The summed E-state index contributed by atoms with van der Waals surface area (Å²) in [6, 6.07) is 0.389. The lowest BCUT2D eigenvalue weighted by Crippen LogP contribution is -2.64. The van der Waals surface area contributed by atoms with Crippen LogP contribution < -0.4 is 0 Å². The van der Waals surface area contributed by atoms with Gasteiger partial charge in [0.1, 0.15) is 0 Å². The van der Waals surface area contributed by atoms with E-state index in [1.54, 1.807) is 6.92 Å². The summed E-state index contributed by atoms with van der Waals surface area (Å²) in [7, 11) is 0. The zero-order valence-electron chi connectivity index (χ0n) is 9.48. The number of hydrogen-bond acceptors (Lipinski definition) is 2. The smallest absolute Gasteiger partial charge is 0.309 e. The molecular weight excluding hydrogens is 206 g/mol. The third kappa shape index (κ3) is 1.16. The first-order chi connectivity index (χ1) is 7.52. The van der Waals surface area contributed by atoms with Crippen molar-refractivity contribution >= 4 is 11.9 Å². The highest BCUT2D eigenvalue weighted by Gasteiger charge is 2.58. The Bertz CT molecular complexity index is 349. The van der Waals surface area contributed by atoms with Gasteiger partial charge in [-0.25, -0.2) is 0 Å². The largest absolute Gasteiger partial charge is 0.481 e. The maximum absolute atomic E-state index is 11.6. The molecule has 2 heterocycles. The molecule has 2 saturated carbocycles. The molecule has 0 aromatic heterocycles. The Kier molecular flexibility index (Phi) is 1.89. The Labute approximate surface area is 94.6 Å². The predicted octanol–water partition coefficient (Wildman–Crippen LogP) is 1.25. The van der Waals surface area contributed by atoms with Gasteiger partial charge in [-0.1, -0.05) is 0 Å². The molecule has 2 aliphatic heterocycles. The van der Waals surface area contributed by atoms with Crippen molar-refractivity contribution in [1.82, 2.24) is 4.90 Å². The SMILES string of the molecule is CC(=O)N1C2CC3CC1CC(C(=O)O)(C3)C2. The summed E-state index contributed by atoms with van der Waals surface area (Å²) in [5, 5.41) is 9.40. The van der Waals surface area contributed by atoms with Gasteiger partial charge in [-0.15, -0.1) is 0 Å². The van der Waals surface area contributed by atoms with Crippen molar-refractivity contribution in [3.63, 3.8) is 0 Å². The van der Waals surface area contributed by atoms with E-state index in [1.807, 2.05) is 4.90 Å². The quantitative estimate of drug-likeness (QED) is 0.728. The molecule has 88 valence electrons. The highest BCUT2D eigenvalue weighted by Crippen LogP contribution is 2.56. The number of carboxylic acid groups (broad SMARTS) is 1. The maximum atomic E-state index is 11.6. The monoisotopic (exact) mass is 223 g/mol. The summed E-state index contributed by atoms with van der Waals surface area (Å²) in [6.45, 7) is 1.61. The molecule has 4 rings (SSSR count). The molecule has 4 bridgehead atoms. The molecule has 2 aliphatic carbocycles. The van der Waals surface area contributed by atoms with E-state index < -0.39 is 11.4 Å². The van der Waals surface area contributed by atoms with Gasteiger partial charge in [0.25, 0.3) is 0 Å². The van der Waals surface area contributed by atoms with Gasteiger partial charge in [0.05, 0.1) is 5.41 Å². The van der Waals surface area contributed by atoms with Crippen LogP contribution in [-0.4, -0.2) is 34.0 Å². The molecule has 4 aliphatic rings. The van der Waals surface area contributed by atoms with Gasteiger partial charge in [-0.3, -0.25) is 9.59 Å². The first-order valence-corrected chi connectivity index (χ1v) is 6.04. The van der Waals surface area contributed by atoms with E-state index in [2.05, 4.69) is 0 Å². The standard InChI is InChI=1S/C12H17NO3/c1-7(14)13-9-2-8-3-10(13)6-12(4-8,5-9)11(15)16/h8-10H,2-6H2,1H3,(H,15,16). The van der Waals surface area contributed by atoms with E-state index in [-0.39, 0.29) is 18.0 Å². The number of nitrogens with zero attached hydrogens (tertiary/aromatic N) is 1. The van der Waals surface area contributed by atoms with Crippen molar-refractivity contribution in [2.45, 2.75) is 51.1 Å². The summed E-state index contributed by atoms with van der Waals surface area (Å²) >= 11 is 0. The number of carbonyl (C=O) groups is 2. The number of aliphatic carboxylic acids is 1. The molecule has 4 heteroatoms. The molecular formula is C12H17NO3. The van der Waals surface area contributed by atoms with Gasteiger partial charge >= 0.3 is 5.97 Å². The fourth-order valence-electron chi connectivity index (χ4n) is 4.40. The van der Waals surface area contributed by atoms with Crippen molar-refractivity contribution < 1.29 is 14.7 Å². The Morgan fingerprint density at radius 2 is 1.75 bits per heavy atom. The molecule has 2 unspecified atom stereocenters. The topological polar surface area (TPSA) is 57.6 Å². The predicted molar refractivity (Wildman–Crippen MR) is 56.7 cm³/mol. The van der Waals surface area contributed by atoms with Crippen molar-refractivity contribution in [1.29, 1.82) is 0 Å². The summed E-state index contributed by atoms with van der Waals surface area (Å²) in [4.78, 5) is 25.0.